The Hall–Kier alpha value is -2.59. The highest BCUT2D eigenvalue weighted by Crippen LogP contribution is 2.35. The molecule has 198 valence electrons. The van der Waals surface area contributed by atoms with Crippen molar-refractivity contribution in [1.82, 2.24) is 9.21 Å². The lowest BCUT2D eigenvalue weighted by Gasteiger charge is -2.37. The first-order valence-electron chi connectivity index (χ1n) is 12.1. The molecule has 1 aliphatic heterocycles. The van der Waals surface area contributed by atoms with Crippen LogP contribution < -0.4 is 9.47 Å². The average Bonchev–Trinajstić information content (AvgIpc) is 3.36. The number of carbonyl (C=O) groups is 1. The van der Waals surface area contributed by atoms with E-state index < -0.39 is 10.0 Å². The van der Waals surface area contributed by atoms with E-state index in [4.69, 9.17) is 21.1 Å². The Kier molecular flexibility index (Phi) is 8.79. The lowest BCUT2D eigenvalue weighted by atomic mass is 10.0. The Morgan fingerprint density at radius 2 is 1.84 bits per heavy atom. The molecule has 7 nitrogen and oxygen atoms in total. The first-order valence-corrected chi connectivity index (χ1v) is 14.8. The third kappa shape index (κ3) is 6.29. The number of thiophene rings is 1. The van der Waals surface area contributed by atoms with Crippen LogP contribution >= 0.6 is 22.9 Å². The van der Waals surface area contributed by atoms with Gasteiger partial charge in [0.25, 0.3) is 0 Å². The van der Waals surface area contributed by atoms with Crippen molar-refractivity contribution in [2.75, 3.05) is 33.4 Å². The minimum Gasteiger partial charge on any atom is -0.493 e. The van der Waals surface area contributed by atoms with E-state index in [1.54, 1.807) is 23.3 Å². The first kappa shape index (κ1) is 27.4. The van der Waals surface area contributed by atoms with Crippen molar-refractivity contribution >= 4 is 38.9 Å². The molecule has 0 saturated heterocycles. The number of para-hydroxylation sites is 2. The van der Waals surface area contributed by atoms with Gasteiger partial charge >= 0.3 is 0 Å². The molecule has 1 aromatic heterocycles. The summed E-state index contributed by atoms with van der Waals surface area (Å²) >= 11 is 7.63. The van der Waals surface area contributed by atoms with Gasteiger partial charge < -0.3 is 14.4 Å². The highest BCUT2D eigenvalue weighted by atomic mass is 35.5. The molecule has 3 aromatic rings. The van der Waals surface area contributed by atoms with Gasteiger partial charge in [-0.2, -0.15) is 4.31 Å². The van der Waals surface area contributed by atoms with Crippen molar-refractivity contribution in [2.24, 2.45) is 5.92 Å². The second-order valence-electron chi connectivity index (χ2n) is 9.26. The van der Waals surface area contributed by atoms with Gasteiger partial charge in [-0.25, -0.2) is 8.42 Å². The lowest BCUT2D eigenvalue weighted by molar-refractivity contribution is -0.135. The van der Waals surface area contributed by atoms with Gasteiger partial charge in [0.2, 0.25) is 15.9 Å². The number of nitrogens with zero attached hydrogens (tertiary/aromatic N) is 2. The molecule has 1 amide bonds. The normalized spacial score (nSPS) is 15.6. The largest absolute Gasteiger partial charge is 0.493 e. The van der Waals surface area contributed by atoms with Crippen LogP contribution in [0, 0.1) is 5.92 Å². The van der Waals surface area contributed by atoms with E-state index in [0.717, 1.165) is 12.0 Å². The zero-order valence-electron chi connectivity index (χ0n) is 21.1. The molecule has 4 rings (SSSR count). The van der Waals surface area contributed by atoms with Gasteiger partial charge in [0, 0.05) is 23.0 Å². The Balaban J connectivity index is 1.58. The third-order valence-electron chi connectivity index (χ3n) is 6.21. The van der Waals surface area contributed by atoms with Crippen LogP contribution in [0.3, 0.4) is 0 Å². The third-order valence-corrected chi connectivity index (χ3v) is 9.29. The number of sulfonamides is 1. The summed E-state index contributed by atoms with van der Waals surface area (Å²) in [7, 11) is -2.31. The quantitative estimate of drug-likeness (QED) is 0.337. The number of hydrogen-bond acceptors (Lipinski definition) is 6. The molecule has 0 aliphatic carbocycles. The molecule has 0 N–H and O–H groups in total. The number of rotatable bonds is 10. The molecular formula is C27H31ClN2O5S2. The average molecular weight is 563 g/mol. The molecule has 10 heteroatoms. The molecule has 37 heavy (non-hydrogen) atoms. The topological polar surface area (TPSA) is 76.2 Å². The van der Waals surface area contributed by atoms with Crippen LogP contribution in [-0.2, 0) is 21.2 Å². The fourth-order valence-corrected chi connectivity index (χ4v) is 7.04. The fraction of sp³-hybridized carbons (Fsp3) is 0.370. The predicted molar refractivity (Wildman–Crippen MR) is 146 cm³/mol. The first-order chi connectivity index (χ1) is 17.7. The number of ether oxygens (including phenoxy) is 2. The summed E-state index contributed by atoms with van der Waals surface area (Å²) in [6.07, 6.45) is 0.720. The van der Waals surface area contributed by atoms with Gasteiger partial charge in [0.05, 0.1) is 24.6 Å². The maximum atomic E-state index is 13.7. The van der Waals surface area contributed by atoms with Gasteiger partial charge in [-0.1, -0.05) is 37.6 Å². The Morgan fingerprint density at radius 1 is 1.14 bits per heavy atom. The molecule has 0 saturated carbocycles. The fourth-order valence-electron chi connectivity index (χ4n) is 4.43. The maximum absolute atomic E-state index is 13.7. The molecule has 0 unspecified atom stereocenters. The maximum Gasteiger partial charge on any atom is 0.243 e. The summed E-state index contributed by atoms with van der Waals surface area (Å²) < 4.78 is 39.8. The highest BCUT2D eigenvalue weighted by molar-refractivity contribution is 7.89. The molecular weight excluding hydrogens is 532 g/mol. The van der Waals surface area contributed by atoms with Crippen molar-refractivity contribution in [1.29, 1.82) is 0 Å². The molecule has 0 spiro atoms. The number of methoxy groups -OCH3 is 1. The standard InChI is InChI=1S/C27H31ClN2O5S2/c1-19(2)16-29(37(32,33)21-10-8-20(28)9-11-21)17-27(31)30-14-12-26-22(13-15-36-26)23(30)18-35-25-7-5-4-6-24(25)34-3/h4-11,13,15,19,23H,12,14,16-18H2,1-3H3/t23-/m0/s1. The van der Waals surface area contributed by atoms with Crippen LogP contribution in [0.1, 0.15) is 30.3 Å². The van der Waals surface area contributed by atoms with Gasteiger partial charge in [0.1, 0.15) is 6.61 Å². The number of amides is 1. The van der Waals surface area contributed by atoms with Crippen LogP contribution in [0.5, 0.6) is 11.5 Å². The van der Waals surface area contributed by atoms with Crippen molar-refractivity contribution in [2.45, 2.75) is 31.2 Å². The monoisotopic (exact) mass is 562 g/mol. The summed E-state index contributed by atoms with van der Waals surface area (Å²) in [6.45, 7) is 4.53. The van der Waals surface area contributed by atoms with E-state index in [0.29, 0.717) is 23.1 Å². The molecule has 2 aromatic carbocycles. The number of halogens is 1. The Morgan fingerprint density at radius 3 is 2.51 bits per heavy atom. The summed E-state index contributed by atoms with van der Waals surface area (Å²) in [5, 5.41) is 2.47. The zero-order valence-corrected chi connectivity index (χ0v) is 23.5. The zero-order chi connectivity index (χ0) is 26.6. The van der Waals surface area contributed by atoms with Crippen LogP contribution in [0.2, 0.25) is 5.02 Å². The highest BCUT2D eigenvalue weighted by Gasteiger charge is 2.35. The van der Waals surface area contributed by atoms with Crippen LogP contribution in [0.25, 0.3) is 0 Å². The van der Waals surface area contributed by atoms with E-state index in [1.807, 2.05) is 49.6 Å². The Bertz CT molecular complexity index is 1320. The molecule has 0 fully saturated rings. The Labute approximate surface area is 227 Å². The van der Waals surface area contributed by atoms with Gasteiger partial charge in [0.15, 0.2) is 11.5 Å². The molecule has 0 radical (unpaired) electrons. The van der Waals surface area contributed by atoms with Crippen LogP contribution in [0.4, 0.5) is 0 Å². The second kappa shape index (κ2) is 11.9. The summed E-state index contributed by atoms with van der Waals surface area (Å²) in [5.74, 6) is 0.971. The minimum absolute atomic E-state index is 0.0318. The minimum atomic E-state index is -3.90. The van der Waals surface area contributed by atoms with Gasteiger partial charge in [-0.05, 0) is 65.7 Å². The SMILES string of the molecule is COc1ccccc1OC[C@H]1c2ccsc2CCN1C(=O)CN(CC(C)C)S(=O)(=O)c1ccc(Cl)cc1. The van der Waals surface area contributed by atoms with E-state index in [9.17, 15) is 13.2 Å². The second-order valence-corrected chi connectivity index (χ2v) is 12.6. The summed E-state index contributed by atoms with van der Waals surface area (Å²) in [5.41, 5.74) is 1.04. The van der Waals surface area contributed by atoms with Gasteiger partial charge in [-0.3, -0.25) is 4.79 Å². The van der Waals surface area contributed by atoms with Crippen LogP contribution in [-0.4, -0.2) is 56.9 Å². The molecule has 1 atom stereocenters. The predicted octanol–water partition coefficient (Wildman–Crippen LogP) is 5.26. The lowest BCUT2D eigenvalue weighted by Crippen LogP contribution is -2.48. The number of carbonyl (C=O) groups excluding carboxylic acids is 1. The smallest absolute Gasteiger partial charge is 0.243 e. The van der Waals surface area contributed by atoms with E-state index in [-0.39, 0.29) is 42.5 Å². The van der Waals surface area contributed by atoms with E-state index >= 15 is 0 Å². The molecule has 1 aliphatic rings. The van der Waals surface area contributed by atoms with Crippen molar-refractivity contribution < 1.29 is 22.7 Å². The number of benzene rings is 2. The molecule has 2 heterocycles. The summed E-state index contributed by atoms with van der Waals surface area (Å²) in [6, 6.07) is 15.1. The summed E-state index contributed by atoms with van der Waals surface area (Å²) in [4.78, 5) is 16.8. The van der Waals surface area contributed by atoms with E-state index in [2.05, 4.69) is 0 Å². The number of fused-ring (bicyclic) bond motifs is 1. The van der Waals surface area contributed by atoms with Crippen molar-refractivity contribution in [3.8, 4) is 11.5 Å². The molecule has 0 bridgehead atoms. The van der Waals surface area contributed by atoms with Gasteiger partial charge in [-0.15, -0.1) is 11.3 Å². The van der Waals surface area contributed by atoms with Crippen molar-refractivity contribution in [3.05, 3.63) is 75.4 Å². The number of hydrogen-bond donors (Lipinski definition) is 0. The van der Waals surface area contributed by atoms with Crippen molar-refractivity contribution in [3.63, 3.8) is 0 Å². The van der Waals surface area contributed by atoms with Crippen LogP contribution in [0.15, 0.2) is 64.9 Å². The van der Waals surface area contributed by atoms with E-state index in [1.165, 1.54) is 33.4 Å².